The zero-order chi connectivity index (χ0) is 16.8. The second-order valence-electron chi connectivity index (χ2n) is 5.90. The normalized spacial score (nSPS) is 11.4. The fraction of sp³-hybridized carbons (Fsp3) is 0.0526. The highest BCUT2D eigenvalue weighted by atomic mass is 15.4. The molecule has 5 aromatic rings. The molecule has 0 bridgehead atoms. The van der Waals surface area contributed by atoms with Gasteiger partial charge in [0.1, 0.15) is 11.0 Å². The fourth-order valence-electron chi connectivity index (χ4n) is 3.16. The number of aromatic nitrogens is 6. The van der Waals surface area contributed by atoms with Crippen LogP contribution in [0.25, 0.3) is 33.4 Å². The van der Waals surface area contributed by atoms with Gasteiger partial charge in [0.05, 0.1) is 22.4 Å². The van der Waals surface area contributed by atoms with Crippen molar-refractivity contribution in [2.45, 2.75) is 6.92 Å². The molecule has 0 aliphatic carbocycles. The minimum atomic E-state index is 0.874. The first-order chi connectivity index (χ1) is 12.3. The Morgan fingerprint density at radius 1 is 0.600 bits per heavy atom. The quantitative estimate of drug-likeness (QED) is 0.498. The number of hydrogen-bond acceptors (Lipinski definition) is 4. The molecule has 5 rings (SSSR count). The molecule has 6 heteroatoms. The lowest BCUT2D eigenvalue weighted by atomic mass is 10.1. The zero-order valence-corrected chi connectivity index (χ0v) is 13.5. The van der Waals surface area contributed by atoms with E-state index in [1.54, 1.807) is 0 Å². The van der Waals surface area contributed by atoms with Crippen molar-refractivity contribution in [3.63, 3.8) is 0 Å². The first kappa shape index (κ1) is 13.9. The van der Waals surface area contributed by atoms with Gasteiger partial charge in [0.2, 0.25) is 0 Å². The summed E-state index contributed by atoms with van der Waals surface area (Å²) in [5.74, 6) is 0. The van der Waals surface area contributed by atoms with E-state index in [-0.39, 0.29) is 0 Å². The van der Waals surface area contributed by atoms with Crippen LogP contribution >= 0.6 is 0 Å². The molecule has 0 aliphatic rings. The summed E-state index contributed by atoms with van der Waals surface area (Å²) >= 11 is 0. The highest BCUT2D eigenvalue weighted by molar-refractivity contribution is 5.78. The van der Waals surface area contributed by atoms with Gasteiger partial charge in [0.25, 0.3) is 0 Å². The molecule has 6 nitrogen and oxygen atoms in total. The molecule has 25 heavy (non-hydrogen) atoms. The number of para-hydroxylation sites is 2. The van der Waals surface area contributed by atoms with Crippen molar-refractivity contribution in [3.8, 4) is 11.4 Å². The van der Waals surface area contributed by atoms with Crippen LogP contribution in [0.2, 0.25) is 0 Å². The Balaban J connectivity index is 1.75. The number of rotatable bonds is 2. The van der Waals surface area contributed by atoms with E-state index in [1.165, 1.54) is 0 Å². The van der Waals surface area contributed by atoms with Crippen LogP contribution in [0.3, 0.4) is 0 Å². The Morgan fingerprint density at radius 3 is 1.60 bits per heavy atom. The van der Waals surface area contributed by atoms with E-state index in [2.05, 4.69) is 27.5 Å². The van der Waals surface area contributed by atoms with Crippen LogP contribution < -0.4 is 0 Å². The van der Waals surface area contributed by atoms with Crippen LogP contribution in [0.1, 0.15) is 5.56 Å². The van der Waals surface area contributed by atoms with Gasteiger partial charge in [-0.3, -0.25) is 0 Å². The van der Waals surface area contributed by atoms with Crippen LogP contribution in [0.4, 0.5) is 0 Å². The molecule has 0 fully saturated rings. The fourth-order valence-corrected chi connectivity index (χ4v) is 3.16. The predicted octanol–water partition coefficient (Wildman–Crippen LogP) is 3.46. The SMILES string of the molecule is Cc1c(-n2nnc3ccccc32)cccc1-n1nnc2ccccc21. The number of benzene rings is 3. The molecular weight excluding hydrogens is 312 g/mol. The van der Waals surface area contributed by atoms with E-state index >= 15 is 0 Å². The Bertz CT molecular complexity index is 1120. The summed E-state index contributed by atoms with van der Waals surface area (Å²) in [5.41, 5.74) is 6.72. The molecular formula is C19H14N6. The van der Waals surface area contributed by atoms with E-state index in [0.717, 1.165) is 39.0 Å². The van der Waals surface area contributed by atoms with Crippen LogP contribution in [0, 0.1) is 6.92 Å². The van der Waals surface area contributed by atoms with Gasteiger partial charge in [-0.1, -0.05) is 40.8 Å². The molecule has 0 radical (unpaired) electrons. The van der Waals surface area contributed by atoms with Crippen LogP contribution in [0.15, 0.2) is 66.7 Å². The summed E-state index contributed by atoms with van der Waals surface area (Å²) in [7, 11) is 0. The lowest BCUT2D eigenvalue weighted by Crippen LogP contribution is -2.05. The Labute approximate surface area is 143 Å². The third-order valence-electron chi connectivity index (χ3n) is 4.44. The van der Waals surface area contributed by atoms with Crippen LogP contribution in [-0.4, -0.2) is 30.0 Å². The summed E-state index contributed by atoms with van der Waals surface area (Å²) in [4.78, 5) is 0. The number of nitrogens with zero attached hydrogens (tertiary/aromatic N) is 6. The molecule has 0 unspecified atom stereocenters. The average molecular weight is 326 g/mol. The molecule has 2 heterocycles. The van der Waals surface area contributed by atoms with Gasteiger partial charge in [-0.2, -0.15) is 0 Å². The average Bonchev–Trinajstić information content (AvgIpc) is 3.26. The number of fused-ring (bicyclic) bond motifs is 2. The predicted molar refractivity (Wildman–Crippen MR) is 96.0 cm³/mol. The second-order valence-corrected chi connectivity index (χ2v) is 5.90. The summed E-state index contributed by atoms with van der Waals surface area (Å²) in [6.45, 7) is 2.07. The van der Waals surface area contributed by atoms with E-state index in [1.807, 2.05) is 76.1 Å². The Hall–Kier alpha value is -3.54. The molecule has 0 N–H and O–H groups in total. The Kier molecular flexibility index (Phi) is 2.90. The van der Waals surface area contributed by atoms with Crippen molar-refractivity contribution >= 4 is 22.1 Å². The lowest BCUT2D eigenvalue weighted by molar-refractivity contribution is 0.798. The molecule has 0 spiro atoms. The van der Waals surface area contributed by atoms with E-state index in [9.17, 15) is 0 Å². The standard InChI is InChI=1S/C19H14N6/c1-13-16(24-18-9-4-2-7-14(18)20-22-24)11-6-12-17(13)25-19-10-5-3-8-15(19)21-23-25/h2-12H,1H3. The third-order valence-corrected chi connectivity index (χ3v) is 4.44. The summed E-state index contributed by atoms with van der Waals surface area (Å²) < 4.78 is 3.74. The third kappa shape index (κ3) is 2.04. The summed E-state index contributed by atoms with van der Waals surface area (Å²) in [6, 6.07) is 22.0. The van der Waals surface area contributed by atoms with Crippen LogP contribution in [0.5, 0.6) is 0 Å². The smallest absolute Gasteiger partial charge is 0.113 e. The van der Waals surface area contributed by atoms with Crippen LogP contribution in [-0.2, 0) is 0 Å². The van der Waals surface area contributed by atoms with Gasteiger partial charge in [-0.05, 0) is 43.3 Å². The van der Waals surface area contributed by atoms with E-state index in [4.69, 9.17) is 0 Å². The van der Waals surface area contributed by atoms with Crippen molar-refractivity contribution in [1.82, 2.24) is 30.0 Å². The molecule has 0 atom stereocenters. The lowest BCUT2D eigenvalue weighted by Gasteiger charge is -2.12. The van der Waals surface area contributed by atoms with Gasteiger partial charge in [0, 0.05) is 5.56 Å². The van der Waals surface area contributed by atoms with Gasteiger partial charge >= 0.3 is 0 Å². The van der Waals surface area contributed by atoms with E-state index < -0.39 is 0 Å². The monoisotopic (exact) mass is 326 g/mol. The van der Waals surface area contributed by atoms with Gasteiger partial charge in [0.15, 0.2) is 0 Å². The highest BCUT2D eigenvalue weighted by Gasteiger charge is 2.14. The van der Waals surface area contributed by atoms with Crippen molar-refractivity contribution < 1.29 is 0 Å². The van der Waals surface area contributed by atoms with Crippen molar-refractivity contribution in [2.24, 2.45) is 0 Å². The van der Waals surface area contributed by atoms with Gasteiger partial charge < -0.3 is 0 Å². The largest absolute Gasteiger partial charge is 0.212 e. The number of hydrogen-bond donors (Lipinski definition) is 0. The first-order valence-electron chi connectivity index (χ1n) is 8.04. The minimum absolute atomic E-state index is 0.874. The molecule has 0 aliphatic heterocycles. The summed E-state index contributed by atoms with van der Waals surface area (Å²) in [5, 5.41) is 17.2. The van der Waals surface area contributed by atoms with Crippen molar-refractivity contribution in [1.29, 1.82) is 0 Å². The van der Waals surface area contributed by atoms with Crippen molar-refractivity contribution in [2.75, 3.05) is 0 Å². The highest BCUT2D eigenvalue weighted by Crippen LogP contribution is 2.25. The second kappa shape index (κ2) is 5.24. The molecule has 0 saturated carbocycles. The van der Waals surface area contributed by atoms with Crippen molar-refractivity contribution in [3.05, 3.63) is 72.3 Å². The van der Waals surface area contributed by atoms with E-state index in [0.29, 0.717) is 0 Å². The summed E-state index contributed by atoms with van der Waals surface area (Å²) in [6.07, 6.45) is 0. The zero-order valence-electron chi connectivity index (χ0n) is 13.5. The minimum Gasteiger partial charge on any atom is -0.212 e. The Morgan fingerprint density at radius 2 is 1.08 bits per heavy atom. The maximum Gasteiger partial charge on any atom is 0.113 e. The maximum absolute atomic E-state index is 4.33. The van der Waals surface area contributed by atoms with Gasteiger partial charge in [-0.25, -0.2) is 9.36 Å². The molecule has 0 saturated heterocycles. The molecule has 3 aromatic carbocycles. The first-order valence-corrected chi connectivity index (χ1v) is 8.04. The molecule has 0 amide bonds. The maximum atomic E-state index is 4.33. The van der Waals surface area contributed by atoms with Gasteiger partial charge in [-0.15, -0.1) is 10.2 Å². The molecule has 2 aromatic heterocycles. The molecule has 120 valence electrons. The topological polar surface area (TPSA) is 61.4 Å².